The van der Waals surface area contributed by atoms with Crippen molar-refractivity contribution in [2.75, 3.05) is 7.11 Å². The average Bonchev–Trinajstić information content (AvgIpc) is 2.92. The SMILES string of the molecule is CCC(O)CCC(O)C=C[C@H]1[C@@H](CC=CCCCC(=O)OC)[C@@H](O)C[C@H]1O. The smallest absolute Gasteiger partial charge is 0.305 e. The van der Waals surface area contributed by atoms with E-state index in [9.17, 15) is 25.2 Å². The van der Waals surface area contributed by atoms with Gasteiger partial charge in [-0.2, -0.15) is 0 Å². The van der Waals surface area contributed by atoms with Crippen LogP contribution in [-0.2, 0) is 9.53 Å². The van der Waals surface area contributed by atoms with Crippen molar-refractivity contribution in [3.8, 4) is 0 Å². The van der Waals surface area contributed by atoms with Crippen molar-refractivity contribution in [1.29, 1.82) is 0 Å². The van der Waals surface area contributed by atoms with Gasteiger partial charge in [0, 0.05) is 18.8 Å². The highest BCUT2D eigenvalue weighted by molar-refractivity contribution is 5.69. The molecule has 27 heavy (non-hydrogen) atoms. The summed E-state index contributed by atoms with van der Waals surface area (Å²) in [5.74, 6) is -0.514. The van der Waals surface area contributed by atoms with Crippen LogP contribution in [0, 0.1) is 11.8 Å². The number of allylic oxidation sites excluding steroid dienone is 2. The predicted octanol–water partition coefficient (Wildman–Crippen LogP) is 2.10. The zero-order valence-electron chi connectivity index (χ0n) is 16.5. The second kappa shape index (κ2) is 13.0. The van der Waals surface area contributed by atoms with Gasteiger partial charge in [0.2, 0.25) is 0 Å². The van der Waals surface area contributed by atoms with Crippen molar-refractivity contribution in [1.82, 2.24) is 0 Å². The zero-order valence-corrected chi connectivity index (χ0v) is 16.5. The molecule has 0 aromatic heterocycles. The summed E-state index contributed by atoms with van der Waals surface area (Å²) in [6.07, 6.45) is 9.71. The summed E-state index contributed by atoms with van der Waals surface area (Å²) in [6.45, 7) is 1.90. The summed E-state index contributed by atoms with van der Waals surface area (Å²) in [6, 6.07) is 0. The molecule has 1 aliphatic carbocycles. The standard InChI is InChI=1S/C21H36O6/c1-3-15(22)10-11-16(23)12-13-18-17(19(24)14-20(18)25)8-6-4-5-7-9-21(26)27-2/h4,6,12-13,15-20,22-25H,3,5,7-11,14H2,1-2H3/t15?,16?,17-,18+,19+,20-/m1/s1. The van der Waals surface area contributed by atoms with E-state index in [0.717, 1.165) is 12.8 Å². The van der Waals surface area contributed by atoms with Crippen LogP contribution in [0.1, 0.15) is 58.3 Å². The van der Waals surface area contributed by atoms with Gasteiger partial charge in [-0.25, -0.2) is 0 Å². The first kappa shape index (κ1) is 23.8. The van der Waals surface area contributed by atoms with Gasteiger partial charge in [-0.1, -0.05) is 31.2 Å². The van der Waals surface area contributed by atoms with Crippen LogP contribution >= 0.6 is 0 Å². The normalized spacial score (nSPS) is 28.1. The van der Waals surface area contributed by atoms with Crippen molar-refractivity contribution in [2.24, 2.45) is 11.8 Å². The number of carbonyl (C=O) groups is 1. The molecule has 0 aromatic rings. The summed E-state index contributed by atoms with van der Waals surface area (Å²) in [5.41, 5.74) is 0. The number of hydrogen-bond acceptors (Lipinski definition) is 6. The van der Waals surface area contributed by atoms with Crippen LogP contribution in [0.3, 0.4) is 0 Å². The van der Waals surface area contributed by atoms with E-state index in [-0.39, 0.29) is 17.8 Å². The van der Waals surface area contributed by atoms with Gasteiger partial charge in [-0.05, 0) is 44.4 Å². The lowest BCUT2D eigenvalue weighted by Gasteiger charge is -2.19. The maximum absolute atomic E-state index is 11.1. The van der Waals surface area contributed by atoms with E-state index in [4.69, 9.17) is 0 Å². The van der Waals surface area contributed by atoms with Crippen LogP contribution in [-0.4, -0.2) is 57.9 Å². The Labute approximate surface area is 162 Å². The van der Waals surface area contributed by atoms with Crippen molar-refractivity contribution >= 4 is 5.97 Å². The Morgan fingerprint density at radius 3 is 2.59 bits per heavy atom. The second-order valence-corrected chi connectivity index (χ2v) is 7.38. The molecule has 0 radical (unpaired) electrons. The quantitative estimate of drug-likeness (QED) is 0.233. The maximum Gasteiger partial charge on any atom is 0.305 e. The van der Waals surface area contributed by atoms with Crippen LogP contribution in [0.5, 0.6) is 0 Å². The summed E-state index contributed by atoms with van der Waals surface area (Å²) in [4.78, 5) is 11.1. The molecule has 0 bridgehead atoms. The number of aliphatic hydroxyl groups is 4. The van der Waals surface area contributed by atoms with Gasteiger partial charge >= 0.3 is 5.97 Å². The number of unbranched alkanes of at least 4 members (excludes halogenated alkanes) is 1. The van der Waals surface area contributed by atoms with Gasteiger partial charge < -0.3 is 25.2 Å². The van der Waals surface area contributed by atoms with Gasteiger partial charge in [-0.3, -0.25) is 4.79 Å². The van der Waals surface area contributed by atoms with Crippen molar-refractivity contribution in [3.05, 3.63) is 24.3 Å². The second-order valence-electron chi connectivity index (χ2n) is 7.38. The first-order valence-corrected chi connectivity index (χ1v) is 10.0. The summed E-state index contributed by atoms with van der Waals surface area (Å²) in [5, 5.41) is 40.0. The third kappa shape index (κ3) is 9.02. The summed E-state index contributed by atoms with van der Waals surface area (Å²) < 4.78 is 4.60. The molecule has 1 fully saturated rings. The van der Waals surface area contributed by atoms with E-state index >= 15 is 0 Å². The molecule has 0 saturated heterocycles. The molecule has 1 rings (SSSR count). The molecule has 6 atom stereocenters. The fraction of sp³-hybridized carbons (Fsp3) is 0.762. The Morgan fingerprint density at radius 2 is 1.93 bits per heavy atom. The third-order valence-corrected chi connectivity index (χ3v) is 5.29. The van der Waals surface area contributed by atoms with E-state index in [1.165, 1.54) is 7.11 Å². The van der Waals surface area contributed by atoms with Crippen LogP contribution in [0.2, 0.25) is 0 Å². The number of ether oxygens (including phenoxy) is 1. The molecule has 0 spiro atoms. The number of rotatable bonds is 12. The minimum atomic E-state index is -0.661. The molecule has 4 N–H and O–H groups in total. The molecule has 1 saturated carbocycles. The van der Waals surface area contributed by atoms with Gasteiger partial charge in [0.05, 0.1) is 31.5 Å². The lowest BCUT2D eigenvalue weighted by atomic mass is 9.89. The highest BCUT2D eigenvalue weighted by Gasteiger charge is 2.39. The van der Waals surface area contributed by atoms with Gasteiger partial charge in [-0.15, -0.1) is 0 Å². The van der Waals surface area contributed by atoms with Gasteiger partial charge in [0.15, 0.2) is 0 Å². The molecule has 1 aliphatic rings. The highest BCUT2D eigenvalue weighted by atomic mass is 16.5. The molecular formula is C21H36O6. The van der Waals surface area contributed by atoms with Crippen LogP contribution < -0.4 is 0 Å². The minimum Gasteiger partial charge on any atom is -0.469 e. The van der Waals surface area contributed by atoms with E-state index < -0.39 is 24.4 Å². The monoisotopic (exact) mass is 384 g/mol. The topological polar surface area (TPSA) is 107 Å². The Morgan fingerprint density at radius 1 is 1.19 bits per heavy atom. The molecule has 0 aromatic carbocycles. The van der Waals surface area contributed by atoms with Crippen molar-refractivity contribution < 1.29 is 30.0 Å². The number of methoxy groups -OCH3 is 1. The zero-order chi connectivity index (χ0) is 20.2. The molecule has 0 heterocycles. The third-order valence-electron chi connectivity index (χ3n) is 5.29. The van der Waals surface area contributed by atoms with Crippen LogP contribution in [0.15, 0.2) is 24.3 Å². The van der Waals surface area contributed by atoms with E-state index in [1.807, 2.05) is 19.1 Å². The van der Waals surface area contributed by atoms with Crippen molar-refractivity contribution in [3.63, 3.8) is 0 Å². The molecule has 2 unspecified atom stereocenters. The van der Waals surface area contributed by atoms with Gasteiger partial charge in [0.25, 0.3) is 0 Å². The lowest BCUT2D eigenvalue weighted by molar-refractivity contribution is -0.140. The van der Waals surface area contributed by atoms with Crippen molar-refractivity contribution in [2.45, 2.75) is 82.7 Å². The Balaban J connectivity index is 2.47. The molecular weight excluding hydrogens is 348 g/mol. The Hall–Kier alpha value is -1.21. The largest absolute Gasteiger partial charge is 0.469 e. The first-order chi connectivity index (χ1) is 12.9. The summed E-state index contributed by atoms with van der Waals surface area (Å²) in [7, 11) is 1.38. The number of carbonyl (C=O) groups excluding carboxylic acids is 1. The first-order valence-electron chi connectivity index (χ1n) is 10.0. The van der Waals surface area contributed by atoms with Crippen LogP contribution in [0.4, 0.5) is 0 Å². The number of hydrogen-bond donors (Lipinski definition) is 4. The predicted molar refractivity (Wildman–Crippen MR) is 104 cm³/mol. The highest BCUT2D eigenvalue weighted by Crippen LogP contribution is 2.36. The lowest BCUT2D eigenvalue weighted by Crippen LogP contribution is -2.20. The molecule has 0 amide bonds. The Bertz CT molecular complexity index is 475. The van der Waals surface area contributed by atoms with Gasteiger partial charge in [0.1, 0.15) is 0 Å². The molecule has 6 nitrogen and oxygen atoms in total. The number of aliphatic hydroxyl groups excluding tert-OH is 4. The van der Waals surface area contributed by atoms with E-state index in [0.29, 0.717) is 38.5 Å². The fourth-order valence-electron chi connectivity index (χ4n) is 3.46. The van der Waals surface area contributed by atoms with Crippen LogP contribution in [0.25, 0.3) is 0 Å². The Kier molecular flexibility index (Phi) is 11.5. The fourth-order valence-corrected chi connectivity index (χ4v) is 3.46. The molecule has 6 heteroatoms. The number of esters is 1. The minimum absolute atomic E-state index is 0.0958. The average molecular weight is 385 g/mol. The molecule has 156 valence electrons. The summed E-state index contributed by atoms with van der Waals surface area (Å²) >= 11 is 0. The maximum atomic E-state index is 11.1. The van der Waals surface area contributed by atoms with E-state index in [1.54, 1.807) is 12.2 Å². The van der Waals surface area contributed by atoms with E-state index in [2.05, 4.69) is 4.74 Å². The molecule has 0 aliphatic heterocycles.